The molecule has 0 saturated heterocycles. The van der Waals surface area contributed by atoms with Gasteiger partial charge in [-0.2, -0.15) is 5.10 Å². The van der Waals surface area contributed by atoms with E-state index in [-0.39, 0.29) is 11.8 Å². The number of ketones is 1. The zero-order valence-corrected chi connectivity index (χ0v) is 11.3. The van der Waals surface area contributed by atoms with E-state index in [1.807, 2.05) is 20.8 Å². The molecule has 0 aliphatic rings. The molecule has 0 saturated carbocycles. The lowest BCUT2D eigenvalue weighted by molar-refractivity contribution is 0.102. The number of carbonyl (C=O) groups excluding carboxylic acids is 1. The summed E-state index contributed by atoms with van der Waals surface area (Å²) in [4.78, 5) is 16.5. The third-order valence-corrected chi connectivity index (χ3v) is 3.02. The Labute approximate surface area is 111 Å². The summed E-state index contributed by atoms with van der Waals surface area (Å²) >= 11 is 6.06. The smallest absolute Gasteiger partial charge is 0.214 e. The SMILES string of the molecule is Cc1ccncc1C(=O)c1c(Cl)cnn1C(C)C. The number of pyridine rings is 1. The van der Waals surface area contributed by atoms with Crippen LogP contribution in [0.15, 0.2) is 24.7 Å². The molecule has 0 aliphatic carbocycles. The van der Waals surface area contributed by atoms with Crippen LogP contribution in [0, 0.1) is 6.92 Å². The van der Waals surface area contributed by atoms with Crippen molar-refractivity contribution in [3.05, 3.63) is 46.5 Å². The van der Waals surface area contributed by atoms with Crippen LogP contribution in [0.4, 0.5) is 0 Å². The molecule has 0 radical (unpaired) electrons. The summed E-state index contributed by atoms with van der Waals surface area (Å²) in [5, 5.41) is 4.51. The molecule has 5 heteroatoms. The molecule has 4 nitrogen and oxygen atoms in total. The molecule has 0 atom stereocenters. The van der Waals surface area contributed by atoms with Gasteiger partial charge in [0, 0.05) is 24.0 Å². The maximum absolute atomic E-state index is 12.5. The lowest BCUT2D eigenvalue weighted by atomic mass is 10.1. The van der Waals surface area contributed by atoms with Crippen LogP contribution in [0.25, 0.3) is 0 Å². The van der Waals surface area contributed by atoms with Gasteiger partial charge in [-0.25, -0.2) is 0 Å². The number of aromatic nitrogens is 3. The number of carbonyl (C=O) groups is 1. The second kappa shape index (κ2) is 4.90. The molecule has 2 heterocycles. The zero-order chi connectivity index (χ0) is 13.3. The molecule has 0 aromatic carbocycles. The fourth-order valence-corrected chi connectivity index (χ4v) is 1.99. The highest BCUT2D eigenvalue weighted by Gasteiger charge is 2.21. The highest BCUT2D eigenvalue weighted by molar-refractivity contribution is 6.34. The van der Waals surface area contributed by atoms with Gasteiger partial charge in [0.25, 0.3) is 0 Å². The van der Waals surface area contributed by atoms with Crippen molar-refractivity contribution in [2.45, 2.75) is 26.8 Å². The van der Waals surface area contributed by atoms with Crippen LogP contribution in [-0.2, 0) is 0 Å². The second-order valence-electron chi connectivity index (χ2n) is 4.40. The van der Waals surface area contributed by atoms with E-state index in [4.69, 9.17) is 11.6 Å². The van der Waals surface area contributed by atoms with Gasteiger partial charge in [-0.15, -0.1) is 0 Å². The fraction of sp³-hybridized carbons (Fsp3) is 0.308. The third-order valence-electron chi connectivity index (χ3n) is 2.74. The van der Waals surface area contributed by atoms with Gasteiger partial charge in [-0.05, 0) is 32.4 Å². The molecule has 2 aromatic heterocycles. The van der Waals surface area contributed by atoms with Crippen molar-refractivity contribution in [3.8, 4) is 0 Å². The van der Waals surface area contributed by atoms with Crippen LogP contribution >= 0.6 is 11.6 Å². The average Bonchev–Trinajstić information content (AvgIpc) is 2.71. The number of rotatable bonds is 3. The summed E-state index contributed by atoms with van der Waals surface area (Å²) in [5.41, 5.74) is 1.85. The van der Waals surface area contributed by atoms with Crippen LogP contribution in [-0.4, -0.2) is 20.5 Å². The Balaban J connectivity index is 2.53. The molecule has 0 N–H and O–H groups in total. The van der Waals surface area contributed by atoms with Gasteiger partial charge in [-0.1, -0.05) is 11.6 Å². The van der Waals surface area contributed by atoms with E-state index in [1.165, 1.54) is 6.20 Å². The summed E-state index contributed by atoms with van der Waals surface area (Å²) < 4.78 is 1.64. The topological polar surface area (TPSA) is 47.8 Å². The second-order valence-corrected chi connectivity index (χ2v) is 4.81. The Bertz CT molecular complexity index is 590. The van der Waals surface area contributed by atoms with E-state index in [0.29, 0.717) is 16.3 Å². The quantitative estimate of drug-likeness (QED) is 0.800. The highest BCUT2D eigenvalue weighted by atomic mass is 35.5. The Morgan fingerprint density at radius 1 is 1.39 bits per heavy atom. The first-order valence-electron chi connectivity index (χ1n) is 5.70. The van der Waals surface area contributed by atoms with Crippen LogP contribution in [0.2, 0.25) is 5.02 Å². The summed E-state index contributed by atoms with van der Waals surface area (Å²) in [5.74, 6) is -0.142. The van der Waals surface area contributed by atoms with Crippen molar-refractivity contribution in [1.29, 1.82) is 0 Å². The Morgan fingerprint density at radius 3 is 2.72 bits per heavy atom. The van der Waals surface area contributed by atoms with Crippen molar-refractivity contribution >= 4 is 17.4 Å². The molecular formula is C13H14ClN3O. The molecule has 94 valence electrons. The van der Waals surface area contributed by atoms with E-state index in [9.17, 15) is 4.79 Å². The van der Waals surface area contributed by atoms with E-state index >= 15 is 0 Å². The summed E-state index contributed by atoms with van der Waals surface area (Å²) in [6.45, 7) is 5.78. The number of hydrogen-bond donors (Lipinski definition) is 0. The van der Waals surface area contributed by atoms with Crippen molar-refractivity contribution in [1.82, 2.24) is 14.8 Å². The minimum Gasteiger partial charge on any atom is -0.287 e. The number of aryl methyl sites for hydroxylation is 1. The first-order valence-corrected chi connectivity index (χ1v) is 6.08. The molecule has 0 amide bonds. The van der Waals surface area contributed by atoms with Crippen molar-refractivity contribution < 1.29 is 4.79 Å². The lowest BCUT2D eigenvalue weighted by Crippen LogP contribution is -2.14. The van der Waals surface area contributed by atoms with E-state index < -0.39 is 0 Å². The number of nitrogens with zero attached hydrogens (tertiary/aromatic N) is 3. The van der Waals surface area contributed by atoms with Crippen LogP contribution < -0.4 is 0 Å². The normalized spacial score (nSPS) is 10.9. The highest BCUT2D eigenvalue weighted by Crippen LogP contribution is 2.23. The predicted octanol–water partition coefficient (Wildman–Crippen LogP) is 3.05. The number of halogens is 1. The lowest BCUT2D eigenvalue weighted by Gasteiger charge is -2.11. The van der Waals surface area contributed by atoms with Gasteiger partial charge < -0.3 is 0 Å². The first kappa shape index (κ1) is 12.8. The van der Waals surface area contributed by atoms with Gasteiger partial charge in [0.15, 0.2) is 0 Å². The Hall–Kier alpha value is -1.68. The third kappa shape index (κ3) is 2.16. The van der Waals surface area contributed by atoms with Gasteiger partial charge in [0.2, 0.25) is 5.78 Å². The van der Waals surface area contributed by atoms with Gasteiger partial charge in [0.1, 0.15) is 5.69 Å². The predicted molar refractivity (Wildman–Crippen MR) is 70.0 cm³/mol. The minimum absolute atomic E-state index is 0.0772. The maximum atomic E-state index is 12.5. The standard InChI is InChI=1S/C13H14ClN3O/c1-8(2)17-12(11(14)7-16-17)13(18)10-6-15-5-4-9(10)3/h4-8H,1-3H3. The van der Waals surface area contributed by atoms with E-state index in [1.54, 1.807) is 23.1 Å². The summed E-state index contributed by atoms with van der Waals surface area (Å²) in [7, 11) is 0. The fourth-order valence-electron chi connectivity index (χ4n) is 1.77. The van der Waals surface area contributed by atoms with E-state index in [0.717, 1.165) is 5.56 Å². The van der Waals surface area contributed by atoms with Crippen molar-refractivity contribution in [2.75, 3.05) is 0 Å². The van der Waals surface area contributed by atoms with Gasteiger partial charge in [0.05, 0.1) is 11.2 Å². The Kier molecular flexibility index (Phi) is 3.48. The molecule has 0 bridgehead atoms. The largest absolute Gasteiger partial charge is 0.287 e. The van der Waals surface area contributed by atoms with Gasteiger partial charge in [-0.3, -0.25) is 14.5 Å². The molecule has 18 heavy (non-hydrogen) atoms. The van der Waals surface area contributed by atoms with Crippen LogP contribution in [0.3, 0.4) is 0 Å². The minimum atomic E-state index is -0.142. The average molecular weight is 264 g/mol. The molecule has 0 fully saturated rings. The van der Waals surface area contributed by atoms with Gasteiger partial charge >= 0.3 is 0 Å². The Morgan fingerprint density at radius 2 is 2.11 bits per heavy atom. The molecule has 2 rings (SSSR count). The molecule has 0 aliphatic heterocycles. The summed E-state index contributed by atoms with van der Waals surface area (Å²) in [6, 6.07) is 1.88. The first-order chi connectivity index (χ1) is 8.52. The molecule has 2 aromatic rings. The maximum Gasteiger partial charge on any atom is 0.214 e. The molecule has 0 spiro atoms. The zero-order valence-electron chi connectivity index (χ0n) is 10.5. The molecule has 0 unspecified atom stereocenters. The van der Waals surface area contributed by atoms with Crippen LogP contribution in [0.5, 0.6) is 0 Å². The molecular weight excluding hydrogens is 250 g/mol. The number of hydrogen-bond acceptors (Lipinski definition) is 3. The van der Waals surface area contributed by atoms with Crippen molar-refractivity contribution in [2.24, 2.45) is 0 Å². The van der Waals surface area contributed by atoms with Crippen molar-refractivity contribution in [3.63, 3.8) is 0 Å². The van der Waals surface area contributed by atoms with Crippen LogP contribution in [0.1, 0.15) is 41.5 Å². The summed E-state index contributed by atoms with van der Waals surface area (Å²) in [6.07, 6.45) is 4.72. The monoisotopic (exact) mass is 263 g/mol. The van der Waals surface area contributed by atoms with E-state index in [2.05, 4.69) is 10.1 Å².